The lowest BCUT2D eigenvalue weighted by atomic mass is 10.00. The number of amides is 1. The monoisotopic (exact) mass is 319 g/mol. The van der Waals surface area contributed by atoms with Crippen molar-refractivity contribution in [1.29, 1.82) is 0 Å². The molecule has 24 heavy (non-hydrogen) atoms. The third kappa shape index (κ3) is 2.93. The smallest absolute Gasteiger partial charge is 0.247 e. The Hall–Kier alpha value is -2.95. The fourth-order valence-corrected chi connectivity index (χ4v) is 2.97. The first-order chi connectivity index (χ1) is 11.8. The van der Waals surface area contributed by atoms with Gasteiger partial charge < -0.3 is 9.32 Å². The largest absolute Gasteiger partial charge is 0.420 e. The van der Waals surface area contributed by atoms with Crippen LogP contribution in [0.15, 0.2) is 59.0 Å². The van der Waals surface area contributed by atoms with Crippen LogP contribution in [0.1, 0.15) is 17.0 Å². The van der Waals surface area contributed by atoms with Gasteiger partial charge in [0, 0.05) is 18.7 Å². The molecule has 1 aliphatic rings. The minimum Gasteiger partial charge on any atom is -0.420 e. The van der Waals surface area contributed by atoms with Crippen molar-refractivity contribution in [2.75, 3.05) is 6.54 Å². The zero-order valence-corrected chi connectivity index (χ0v) is 13.2. The van der Waals surface area contributed by atoms with E-state index in [9.17, 15) is 4.79 Å². The first kappa shape index (κ1) is 14.6. The van der Waals surface area contributed by atoms with Crippen molar-refractivity contribution < 1.29 is 9.21 Å². The van der Waals surface area contributed by atoms with Gasteiger partial charge in [-0.05, 0) is 29.7 Å². The highest BCUT2D eigenvalue weighted by molar-refractivity contribution is 5.78. The maximum Gasteiger partial charge on any atom is 0.247 e. The van der Waals surface area contributed by atoms with Gasteiger partial charge in [0.2, 0.25) is 17.7 Å². The van der Waals surface area contributed by atoms with Crippen LogP contribution in [0.5, 0.6) is 0 Å². The van der Waals surface area contributed by atoms with E-state index in [1.165, 1.54) is 11.1 Å². The number of nitrogens with zero attached hydrogens (tertiary/aromatic N) is 3. The Labute approximate surface area is 139 Å². The Morgan fingerprint density at radius 3 is 2.58 bits per heavy atom. The molecule has 0 fully saturated rings. The van der Waals surface area contributed by atoms with Crippen LogP contribution < -0.4 is 0 Å². The summed E-state index contributed by atoms with van der Waals surface area (Å²) in [5.74, 6) is 0.827. The quantitative estimate of drug-likeness (QED) is 0.745. The van der Waals surface area contributed by atoms with Crippen LogP contribution in [-0.4, -0.2) is 27.5 Å². The second-order valence-electron chi connectivity index (χ2n) is 5.88. The molecular formula is C19H17N3O2. The fourth-order valence-electron chi connectivity index (χ4n) is 2.97. The normalized spacial score (nSPS) is 13.6. The van der Waals surface area contributed by atoms with Crippen molar-refractivity contribution >= 4 is 5.91 Å². The third-order valence-electron chi connectivity index (χ3n) is 4.27. The minimum atomic E-state index is 0.0211. The molecule has 0 atom stereocenters. The van der Waals surface area contributed by atoms with E-state index in [1.807, 2.05) is 47.4 Å². The number of rotatable bonds is 3. The molecule has 1 aliphatic heterocycles. The van der Waals surface area contributed by atoms with Gasteiger partial charge >= 0.3 is 0 Å². The van der Waals surface area contributed by atoms with Gasteiger partial charge in [0.05, 0.1) is 0 Å². The second-order valence-corrected chi connectivity index (χ2v) is 5.88. The van der Waals surface area contributed by atoms with Crippen LogP contribution in [0.2, 0.25) is 0 Å². The summed E-state index contributed by atoms with van der Waals surface area (Å²) < 4.78 is 5.63. The summed E-state index contributed by atoms with van der Waals surface area (Å²) in [6.45, 7) is 1.38. The van der Waals surface area contributed by atoms with E-state index in [-0.39, 0.29) is 12.3 Å². The predicted octanol–water partition coefficient (Wildman–Crippen LogP) is 2.86. The van der Waals surface area contributed by atoms with E-state index >= 15 is 0 Å². The van der Waals surface area contributed by atoms with Crippen molar-refractivity contribution in [3.63, 3.8) is 0 Å². The average molecular weight is 319 g/mol. The molecule has 3 aromatic rings. The van der Waals surface area contributed by atoms with Gasteiger partial charge in [-0.15, -0.1) is 10.2 Å². The summed E-state index contributed by atoms with van der Waals surface area (Å²) in [5, 5.41) is 8.04. The van der Waals surface area contributed by atoms with Gasteiger partial charge in [0.25, 0.3) is 0 Å². The Balaban J connectivity index is 1.45. The molecule has 2 aromatic carbocycles. The van der Waals surface area contributed by atoms with E-state index in [0.29, 0.717) is 18.3 Å². The molecule has 2 heterocycles. The van der Waals surface area contributed by atoms with Gasteiger partial charge in [0.1, 0.15) is 6.42 Å². The number of hydrogen-bond acceptors (Lipinski definition) is 4. The molecule has 1 aromatic heterocycles. The number of hydrogen-bond donors (Lipinski definition) is 0. The lowest BCUT2D eigenvalue weighted by molar-refractivity contribution is -0.131. The summed E-state index contributed by atoms with van der Waals surface area (Å²) in [4.78, 5) is 14.4. The Morgan fingerprint density at radius 1 is 1.00 bits per heavy atom. The van der Waals surface area contributed by atoms with Crippen LogP contribution in [0.3, 0.4) is 0 Å². The summed E-state index contributed by atoms with van der Waals surface area (Å²) >= 11 is 0. The van der Waals surface area contributed by atoms with Gasteiger partial charge in [0.15, 0.2) is 0 Å². The fraction of sp³-hybridized carbons (Fsp3) is 0.211. The highest BCUT2D eigenvalue weighted by Crippen LogP contribution is 2.20. The molecule has 5 heteroatoms. The van der Waals surface area contributed by atoms with Gasteiger partial charge in [-0.2, -0.15) is 0 Å². The van der Waals surface area contributed by atoms with Crippen LogP contribution >= 0.6 is 0 Å². The molecule has 0 bridgehead atoms. The molecule has 0 N–H and O–H groups in total. The van der Waals surface area contributed by atoms with E-state index in [2.05, 4.69) is 22.3 Å². The molecular weight excluding hydrogens is 302 g/mol. The minimum absolute atomic E-state index is 0.0211. The maximum absolute atomic E-state index is 12.5. The van der Waals surface area contributed by atoms with Crippen LogP contribution in [0.25, 0.3) is 11.5 Å². The molecule has 0 aliphatic carbocycles. The van der Waals surface area contributed by atoms with E-state index < -0.39 is 0 Å². The van der Waals surface area contributed by atoms with Crippen molar-refractivity contribution in [3.05, 3.63) is 71.6 Å². The summed E-state index contributed by atoms with van der Waals surface area (Å²) in [5.41, 5.74) is 3.40. The highest BCUT2D eigenvalue weighted by Gasteiger charge is 2.22. The number of fused-ring (bicyclic) bond motifs is 1. The SMILES string of the molecule is O=C(Cc1nnc(-c2ccccc2)o1)N1CCc2ccccc2C1. The summed E-state index contributed by atoms with van der Waals surface area (Å²) in [6, 6.07) is 17.8. The molecule has 0 unspecified atom stereocenters. The molecule has 5 nitrogen and oxygen atoms in total. The topological polar surface area (TPSA) is 59.2 Å². The molecule has 4 rings (SSSR count). The predicted molar refractivity (Wildman–Crippen MR) is 89.0 cm³/mol. The molecule has 0 spiro atoms. The standard InChI is InChI=1S/C19H17N3O2/c23-18(22-11-10-14-6-4-5-9-16(14)13-22)12-17-20-21-19(24-17)15-7-2-1-3-8-15/h1-9H,10-13H2. The van der Waals surface area contributed by atoms with E-state index in [0.717, 1.165) is 18.5 Å². The third-order valence-corrected chi connectivity index (χ3v) is 4.27. The lowest BCUT2D eigenvalue weighted by Crippen LogP contribution is -2.36. The van der Waals surface area contributed by atoms with E-state index in [1.54, 1.807) is 0 Å². The van der Waals surface area contributed by atoms with E-state index in [4.69, 9.17) is 4.42 Å². The Morgan fingerprint density at radius 2 is 1.75 bits per heavy atom. The molecule has 0 saturated carbocycles. The van der Waals surface area contributed by atoms with Gasteiger partial charge in [-0.1, -0.05) is 42.5 Å². The van der Waals surface area contributed by atoms with Crippen LogP contribution in [0.4, 0.5) is 0 Å². The lowest BCUT2D eigenvalue weighted by Gasteiger charge is -2.28. The number of carbonyl (C=O) groups is 1. The summed E-state index contributed by atoms with van der Waals surface area (Å²) in [6.07, 6.45) is 1.03. The zero-order valence-electron chi connectivity index (χ0n) is 13.2. The van der Waals surface area contributed by atoms with Gasteiger partial charge in [-0.3, -0.25) is 4.79 Å². The summed E-state index contributed by atoms with van der Waals surface area (Å²) in [7, 11) is 0. The van der Waals surface area contributed by atoms with Crippen LogP contribution in [0, 0.1) is 0 Å². The van der Waals surface area contributed by atoms with Crippen molar-refractivity contribution in [2.45, 2.75) is 19.4 Å². The molecule has 1 amide bonds. The first-order valence-corrected chi connectivity index (χ1v) is 8.02. The number of carbonyl (C=O) groups excluding carboxylic acids is 1. The molecule has 120 valence electrons. The Kier molecular flexibility index (Phi) is 3.83. The second kappa shape index (κ2) is 6.28. The number of aromatic nitrogens is 2. The van der Waals surface area contributed by atoms with Crippen molar-refractivity contribution in [1.82, 2.24) is 15.1 Å². The van der Waals surface area contributed by atoms with Gasteiger partial charge in [-0.25, -0.2) is 0 Å². The molecule has 0 radical (unpaired) electrons. The maximum atomic E-state index is 12.5. The highest BCUT2D eigenvalue weighted by atomic mass is 16.4. The zero-order chi connectivity index (χ0) is 16.4. The van der Waals surface area contributed by atoms with Crippen molar-refractivity contribution in [2.24, 2.45) is 0 Å². The number of benzene rings is 2. The van der Waals surface area contributed by atoms with Crippen molar-refractivity contribution in [3.8, 4) is 11.5 Å². The molecule has 0 saturated heterocycles. The Bertz CT molecular complexity index is 858. The average Bonchev–Trinajstić information content (AvgIpc) is 3.10. The van der Waals surface area contributed by atoms with Crippen LogP contribution in [-0.2, 0) is 24.2 Å². The first-order valence-electron chi connectivity index (χ1n) is 8.02.